The molecule has 0 radical (unpaired) electrons. The van der Waals surface area contributed by atoms with Crippen molar-refractivity contribution in [1.82, 2.24) is 9.80 Å². The average molecular weight is 317 g/mol. The van der Waals surface area contributed by atoms with Gasteiger partial charge in [0.15, 0.2) is 0 Å². The highest BCUT2D eigenvalue weighted by Gasteiger charge is 2.28. The predicted molar refractivity (Wildman–Crippen MR) is 101 cm³/mol. The van der Waals surface area contributed by atoms with Gasteiger partial charge in [-0.25, -0.2) is 0 Å². The van der Waals surface area contributed by atoms with Crippen molar-refractivity contribution in [3.8, 4) is 0 Å². The van der Waals surface area contributed by atoms with Crippen LogP contribution in [0.5, 0.6) is 0 Å². The van der Waals surface area contributed by atoms with E-state index in [4.69, 9.17) is 12.6 Å². The third-order valence-electron chi connectivity index (χ3n) is 4.75. The van der Waals surface area contributed by atoms with Gasteiger partial charge in [0, 0.05) is 6.54 Å². The van der Waals surface area contributed by atoms with Gasteiger partial charge < -0.3 is 9.80 Å². The molecule has 0 aliphatic carbocycles. The topological polar surface area (TPSA) is 6.48 Å². The summed E-state index contributed by atoms with van der Waals surface area (Å²) in [6, 6.07) is 0. The van der Waals surface area contributed by atoms with Gasteiger partial charge in [0.25, 0.3) is 0 Å². The zero-order valence-electron chi connectivity index (χ0n) is 15.3. The zero-order chi connectivity index (χ0) is 16.1. The van der Waals surface area contributed by atoms with Crippen LogP contribution in [0, 0.1) is 5.41 Å². The van der Waals surface area contributed by atoms with E-state index >= 15 is 0 Å². The number of nitrogens with zero attached hydrogens (tertiary/aromatic N) is 2. The first-order valence-corrected chi connectivity index (χ1v) is 9.80. The summed E-state index contributed by atoms with van der Waals surface area (Å²) in [6.07, 6.45) is 6.47. The van der Waals surface area contributed by atoms with Crippen LogP contribution in [0.2, 0.25) is 0 Å². The molecule has 0 heterocycles. The Hall–Kier alpha value is 0.270. The minimum atomic E-state index is 0.428. The summed E-state index contributed by atoms with van der Waals surface area (Å²) < 4.78 is 0. The Balaban J connectivity index is 4.42. The Kier molecular flexibility index (Phi) is 12.9. The number of hydrogen-bond acceptors (Lipinski definition) is 3. The third-order valence-corrected chi connectivity index (χ3v) is 5.42. The van der Waals surface area contributed by atoms with Crippen molar-refractivity contribution in [3.63, 3.8) is 0 Å². The van der Waals surface area contributed by atoms with Crippen LogP contribution in [0.15, 0.2) is 0 Å². The molecule has 0 aliphatic heterocycles. The fourth-order valence-electron chi connectivity index (χ4n) is 3.43. The Morgan fingerprint density at radius 2 is 1.24 bits per heavy atom. The first-order chi connectivity index (χ1) is 10.1. The Labute approximate surface area is 140 Å². The lowest BCUT2D eigenvalue weighted by Gasteiger charge is -2.37. The van der Waals surface area contributed by atoms with Crippen molar-refractivity contribution in [3.05, 3.63) is 0 Å². The lowest BCUT2D eigenvalue weighted by Crippen LogP contribution is -2.40. The number of rotatable bonds is 14. The molecule has 0 N–H and O–H groups in total. The highest BCUT2D eigenvalue weighted by atomic mass is 32.1. The van der Waals surface area contributed by atoms with E-state index in [2.05, 4.69) is 44.4 Å². The molecular weight excluding hydrogens is 276 g/mol. The maximum Gasteiger partial charge on any atom is 0.00457 e. The summed E-state index contributed by atoms with van der Waals surface area (Å²) in [4.78, 5) is 5.18. The van der Waals surface area contributed by atoms with Crippen LogP contribution in [-0.2, 0) is 0 Å². The largest absolute Gasteiger partial charge is 0.304 e. The van der Waals surface area contributed by atoms with Crippen LogP contribution >= 0.6 is 12.6 Å². The molecule has 128 valence electrons. The van der Waals surface area contributed by atoms with Crippen LogP contribution < -0.4 is 0 Å². The molecule has 0 aliphatic rings. The molecule has 0 saturated carbocycles. The van der Waals surface area contributed by atoms with Crippen molar-refractivity contribution in [1.29, 1.82) is 0 Å². The lowest BCUT2D eigenvalue weighted by atomic mass is 9.80. The summed E-state index contributed by atoms with van der Waals surface area (Å²) >= 11 is 4.70. The van der Waals surface area contributed by atoms with E-state index in [1.54, 1.807) is 0 Å². The van der Waals surface area contributed by atoms with Crippen LogP contribution in [0.3, 0.4) is 0 Å². The highest BCUT2D eigenvalue weighted by molar-refractivity contribution is 7.80. The summed E-state index contributed by atoms with van der Waals surface area (Å²) in [5.74, 6) is 1.03. The van der Waals surface area contributed by atoms with E-state index in [-0.39, 0.29) is 0 Å². The van der Waals surface area contributed by atoms with Gasteiger partial charge in [0.2, 0.25) is 0 Å². The molecule has 0 spiro atoms. The number of hydrogen-bond donors (Lipinski definition) is 1. The minimum Gasteiger partial charge on any atom is -0.304 e. The van der Waals surface area contributed by atoms with Crippen LogP contribution in [0.25, 0.3) is 0 Å². The van der Waals surface area contributed by atoms with Crippen LogP contribution in [0.1, 0.15) is 66.7 Å². The first kappa shape index (κ1) is 21.3. The normalized spacial score (nSPS) is 12.6. The van der Waals surface area contributed by atoms with E-state index in [0.717, 1.165) is 5.75 Å². The molecule has 0 aromatic heterocycles. The maximum atomic E-state index is 4.70. The van der Waals surface area contributed by atoms with E-state index in [9.17, 15) is 0 Å². The molecule has 2 nitrogen and oxygen atoms in total. The van der Waals surface area contributed by atoms with E-state index in [0.29, 0.717) is 5.41 Å². The molecule has 0 fully saturated rings. The molecule has 0 rings (SSSR count). The van der Waals surface area contributed by atoms with Gasteiger partial charge in [-0.2, -0.15) is 12.6 Å². The molecule has 3 heteroatoms. The van der Waals surface area contributed by atoms with Gasteiger partial charge in [-0.1, -0.05) is 47.5 Å². The van der Waals surface area contributed by atoms with Crippen molar-refractivity contribution in [2.24, 2.45) is 5.41 Å². The van der Waals surface area contributed by atoms with Crippen molar-refractivity contribution < 1.29 is 0 Å². The summed E-state index contributed by atoms with van der Waals surface area (Å²) in [7, 11) is 0. The molecular formula is C18H40N2S. The second-order valence-electron chi connectivity index (χ2n) is 6.41. The molecule has 0 aromatic carbocycles. The SMILES string of the molecule is CCCC(CS)(CCC)CN(CC)CCCN(CC)CC. The molecule has 0 atom stereocenters. The Morgan fingerprint density at radius 3 is 1.62 bits per heavy atom. The standard InChI is InChI=1S/C18H40N2S/c1-6-12-18(17-21,13-7-2)16-20(10-5)15-11-14-19(8-3)9-4/h21H,6-17H2,1-5H3. The second kappa shape index (κ2) is 12.8. The maximum absolute atomic E-state index is 4.70. The summed E-state index contributed by atoms with van der Waals surface area (Å²) in [6.45, 7) is 18.7. The molecule has 0 aromatic rings. The summed E-state index contributed by atoms with van der Waals surface area (Å²) in [5.41, 5.74) is 0.428. The van der Waals surface area contributed by atoms with Gasteiger partial charge in [-0.3, -0.25) is 0 Å². The quantitative estimate of drug-likeness (QED) is 0.469. The Bertz CT molecular complexity index is 223. The van der Waals surface area contributed by atoms with Crippen molar-refractivity contribution >= 4 is 12.6 Å². The van der Waals surface area contributed by atoms with Gasteiger partial charge >= 0.3 is 0 Å². The van der Waals surface area contributed by atoms with E-state index in [1.807, 2.05) is 0 Å². The Morgan fingerprint density at radius 1 is 0.762 bits per heavy atom. The first-order valence-electron chi connectivity index (χ1n) is 9.16. The van der Waals surface area contributed by atoms with Crippen molar-refractivity contribution in [2.75, 3.05) is 45.0 Å². The van der Waals surface area contributed by atoms with Gasteiger partial charge in [0.05, 0.1) is 0 Å². The smallest absolute Gasteiger partial charge is 0.00457 e. The molecule has 21 heavy (non-hydrogen) atoms. The van der Waals surface area contributed by atoms with Gasteiger partial charge in [0.1, 0.15) is 0 Å². The van der Waals surface area contributed by atoms with Crippen LogP contribution in [0.4, 0.5) is 0 Å². The minimum absolute atomic E-state index is 0.428. The molecule has 0 unspecified atom stereocenters. The lowest BCUT2D eigenvalue weighted by molar-refractivity contribution is 0.145. The zero-order valence-corrected chi connectivity index (χ0v) is 16.2. The monoisotopic (exact) mass is 316 g/mol. The molecule has 0 amide bonds. The van der Waals surface area contributed by atoms with Gasteiger partial charge in [-0.15, -0.1) is 0 Å². The second-order valence-corrected chi connectivity index (χ2v) is 6.72. The van der Waals surface area contributed by atoms with E-state index in [1.165, 1.54) is 71.4 Å². The highest BCUT2D eigenvalue weighted by Crippen LogP contribution is 2.32. The predicted octanol–water partition coefficient (Wildman–Crippen LogP) is 4.56. The fourth-order valence-corrected chi connectivity index (χ4v) is 3.85. The third kappa shape index (κ3) is 8.47. The fraction of sp³-hybridized carbons (Fsp3) is 1.00. The number of thiol groups is 1. The van der Waals surface area contributed by atoms with Gasteiger partial charge in [-0.05, 0) is 63.2 Å². The average Bonchev–Trinajstić information content (AvgIpc) is 2.50. The van der Waals surface area contributed by atoms with Crippen molar-refractivity contribution in [2.45, 2.75) is 66.7 Å². The summed E-state index contributed by atoms with van der Waals surface area (Å²) in [5, 5.41) is 0. The van der Waals surface area contributed by atoms with Crippen LogP contribution in [-0.4, -0.2) is 54.8 Å². The molecule has 0 bridgehead atoms. The molecule has 0 saturated heterocycles. The van der Waals surface area contributed by atoms with E-state index < -0.39 is 0 Å².